The molecular formula is C18H27ClN2O2. The molecule has 0 aliphatic heterocycles. The Balaban J connectivity index is 2.67. The van der Waals surface area contributed by atoms with Crippen LogP contribution in [0.2, 0.25) is 5.02 Å². The highest BCUT2D eigenvalue weighted by Crippen LogP contribution is 2.12. The van der Waals surface area contributed by atoms with E-state index in [-0.39, 0.29) is 12.4 Å². The van der Waals surface area contributed by atoms with Gasteiger partial charge in [0.15, 0.2) is 5.78 Å². The van der Waals surface area contributed by atoms with Crippen LogP contribution in [0, 0.1) is 0 Å². The highest BCUT2D eigenvalue weighted by atomic mass is 35.5. The summed E-state index contributed by atoms with van der Waals surface area (Å²) in [5.41, 5.74) is 1.48. The lowest BCUT2D eigenvalue weighted by Gasteiger charge is -2.19. The molecule has 0 unspecified atom stereocenters. The fourth-order valence-corrected chi connectivity index (χ4v) is 2.38. The second-order valence-corrected chi connectivity index (χ2v) is 5.76. The first-order valence-electron chi connectivity index (χ1n) is 8.18. The van der Waals surface area contributed by atoms with Gasteiger partial charge in [-0.3, -0.25) is 4.79 Å². The van der Waals surface area contributed by atoms with Gasteiger partial charge in [0, 0.05) is 42.1 Å². The first kappa shape index (κ1) is 19.7. The molecule has 128 valence electrons. The standard InChI is InChI=1S/C18H27ClN2O2/c1-3-21(4-2)12-11-20-17(6-5-13-22)14-18(23)15-7-9-16(19)10-8-15/h7-10,14,20,22H,3-6,11-13H2,1-2H3/b17-14+. The molecule has 0 aliphatic carbocycles. The van der Waals surface area contributed by atoms with E-state index in [4.69, 9.17) is 16.7 Å². The average molecular weight is 339 g/mol. The van der Waals surface area contributed by atoms with E-state index in [2.05, 4.69) is 24.1 Å². The van der Waals surface area contributed by atoms with Crippen molar-refractivity contribution in [2.75, 3.05) is 32.8 Å². The summed E-state index contributed by atoms with van der Waals surface area (Å²) in [6.45, 7) is 8.12. The topological polar surface area (TPSA) is 52.6 Å². The van der Waals surface area contributed by atoms with Crippen molar-refractivity contribution >= 4 is 17.4 Å². The number of carbonyl (C=O) groups excluding carboxylic acids is 1. The summed E-state index contributed by atoms with van der Waals surface area (Å²) in [6.07, 6.45) is 2.92. The highest BCUT2D eigenvalue weighted by molar-refractivity contribution is 6.30. The van der Waals surface area contributed by atoms with E-state index in [9.17, 15) is 4.79 Å². The van der Waals surface area contributed by atoms with Crippen molar-refractivity contribution in [3.05, 3.63) is 46.6 Å². The van der Waals surface area contributed by atoms with Crippen LogP contribution in [0.15, 0.2) is 36.0 Å². The smallest absolute Gasteiger partial charge is 0.187 e. The Kier molecular flexibility index (Phi) is 9.60. The summed E-state index contributed by atoms with van der Waals surface area (Å²) in [6, 6.07) is 6.87. The van der Waals surface area contributed by atoms with Crippen LogP contribution < -0.4 is 5.32 Å². The molecule has 0 spiro atoms. The minimum Gasteiger partial charge on any atom is -0.396 e. The number of allylic oxidation sites excluding steroid dienone is 2. The zero-order valence-corrected chi connectivity index (χ0v) is 14.8. The number of rotatable bonds is 11. The molecule has 0 bridgehead atoms. The number of benzene rings is 1. The number of nitrogens with zero attached hydrogens (tertiary/aromatic N) is 1. The first-order valence-corrected chi connectivity index (χ1v) is 8.56. The van der Waals surface area contributed by atoms with Crippen molar-refractivity contribution in [1.82, 2.24) is 10.2 Å². The zero-order valence-electron chi connectivity index (χ0n) is 14.0. The van der Waals surface area contributed by atoms with E-state index in [1.54, 1.807) is 30.3 Å². The average Bonchev–Trinajstić information content (AvgIpc) is 2.56. The molecule has 2 N–H and O–H groups in total. The Morgan fingerprint density at radius 1 is 1.26 bits per heavy atom. The molecule has 0 amide bonds. The SMILES string of the molecule is CCN(CC)CCN/C(=C/C(=O)c1ccc(Cl)cc1)CCCO. The molecule has 5 heteroatoms. The number of aliphatic hydroxyl groups is 1. The number of aliphatic hydroxyl groups excluding tert-OH is 1. The van der Waals surface area contributed by atoms with Crippen LogP contribution in [0.1, 0.15) is 37.0 Å². The van der Waals surface area contributed by atoms with Crippen molar-refractivity contribution in [2.45, 2.75) is 26.7 Å². The number of ketones is 1. The van der Waals surface area contributed by atoms with Crippen LogP contribution in [0.5, 0.6) is 0 Å². The molecule has 0 heterocycles. The Morgan fingerprint density at radius 3 is 2.48 bits per heavy atom. The summed E-state index contributed by atoms with van der Waals surface area (Å²) < 4.78 is 0. The van der Waals surface area contributed by atoms with Crippen LogP contribution >= 0.6 is 11.6 Å². The lowest BCUT2D eigenvalue weighted by Crippen LogP contribution is -2.31. The Bertz CT molecular complexity index is 496. The van der Waals surface area contributed by atoms with Gasteiger partial charge >= 0.3 is 0 Å². The molecule has 0 atom stereocenters. The van der Waals surface area contributed by atoms with Gasteiger partial charge in [0.25, 0.3) is 0 Å². The Morgan fingerprint density at radius 2 is 1.91 bits per heavy atom. The molecule has 0 saturated carbocycles. The van der Waals surface area contributed by atoms with Gasteiger partial charge in [-0.05, 0) is 50.2 Å². The van der Waals surface area contributed by atoms with E-state index in [0.717, 1.165) is 31.9 Å². The van der Waals surface area contributed by atoms with Crippen LogP contribution in [0.3, 0.4) is 0 Å². The maximum Gasteiger partial charge on any atom is 0.187 e. The zero-order chi connectivity index (χ0) is 17.1. The van der Waals surface area contributed by atoms with E-state index >= 15 is 0 Å². The molecule has 4 nitrogen and oxygen atoms in total. The molecule has 1 rings (SSSR count). The molecule has 1 aromatic carbocycles. The first-order chi connectivity index (χ1) is 11.1. The minimum atomic E-state index is -0.0510. The summed E-state index contributed by atoms with van der Waals surface area (Å²) >= 11 is 5.84. The Hall–Kier alpha value is -1.36. The summed E-state index contributed by atoms with van der Waals surface area (Å²) in [4.78, 5) is 14.6. The number of nitrogens with one attached hydrogen (secondary N) is 1. The summed E-state index contributed by atoms with van der Waals surface area (Å²) in [5, 5.41) is 13.0. The molecule has 0 saturated heterocycles. The maximum absolute atomic E-state index is 12.3. The van der Waals surface area contributed by atoms with Gasteiger partial charge in [-0.25, -0.2) is 0 Å². The third kappa shape index (κ3) is 7.64. The third-order valence-electron chi connectivity index (χ3n) is 3.71. The number of hydrogen-bond acceptors (Lipinski definition) is 4. The normalized spacial score (nSPS) is 11.8. The number of halogens is 1. The predicted octanol–water partition coefficient (Wildman–Crippen LogP) is 3.11. The minimum absolute atomic E-state index is 0.0510. The largest absolute Gasteiger partial charge is 0.396 e. The van der Waals surface area contributed by atoms with Gasteiger partial charge < -0.3 is 15.3 Å². The Labute approximate surface area is 144 Å². The van der Waals surface area contributed by atoms with Crippen LogP contribution in [-0.4, -0.2) is 48.6 Å². The molecule has 0 fully saturated rings. The fourth-order valence-electron chi connectivity index (χ4n) is 2.25. The maximum atomic E-state index is 12.3. The van der Waals surface area contributed by atoms with E-state index in [0.29, 0.717) is 23.4 Å². The summed E-state index contributed by atoms with van der Waals surface area (Å²) in [5.74, 6) is -0.0510. The molecule has 0 aliphatic rings. The van der Waals surface area contributed by atoms with Gasteiger partial charge in [0.05, 0.1) is 0 Å². The van der Waals surface area contributed by atoms with Crippen molar-refractivity contribution in [1.29, 1.82) is 0 Å². The second-order valence-electron chi connectivity index (χ2n) is 5.32. The van der Waals surface area contributed by atoms with Crippen molar-refractivity contribution < 1.29 is 9.90 Å². The number of carbonyl (C=O) groups is 1. The van der Waals surface area contributed by atoms with Crippen molar-refractivity contribution in [2.24, 2.45) is 0 Å². The van der Waals surface area contributed by atoms with Gasteiger partial charge in [-0.15, -0.1) is 0 Å². The highest BCUT2D eigenvalue weighted by Gasteiger charge is 2.06. The quantitative estimate of drug-likeness (QED) is 0.481. The second kappa shape index (κ2) is 11.2. The molecule has 0 radical (unpaired) electrons. The van der Waals surface area contributed by atoms with E-state index in [1.807, 2.05) is 0 Å². The van der Waals surface area contributed by atoms with Crippen LogP contribution in [0.4, 0.5) is 0 Å². The van der Waals surface area contributed by atoms with E-state index in [1.165, 1.54) is 0 Å². The molecular weight excluding hydrogens is 312 g/mol. The lowest BCUT2D eigenvalue weighted by atomic mass is 10.1. The lowest BCUT2D eigenvalue weighted by molar-refractivity contribution is 0.104. The number of hydrogen-bond donors (Lipinski definition) is 2. The monoisotopic (exact) mass is 338 g/mol. The van der Waals surface area contributed by atoms with Crippen LogP contribution in [-0.2, 0) is 0 Å². The van der Waals surface area contributed by atoms with Gasteiger partial charge in [0.2, 0.25) is 0 Å². The fraction of sp³-hybridized carbons (Fsp3) is 0.500. The number of likely N-dealkylation sites (N-methyl/N-ethyl adjacent to an activating group) is 1. The predicted molar refractivity (Wildman–Crippen MR) is 96.0 cm³/mol. The van der Waals surface area contributed by atoms with Gasteiger partial charge in [-0.2, -0.15) is 0 Å². The van der Waals surface area contributed by atoms with Crippen molar-refractivity contribution in [3.63, 3.8) is 0 Å². The summed E-state index contributed by atoms with van der Waals surface area (Å²) in [7, 11) is 0. The van der Waals surface area contributed by atoms with Gasteiger partial charge in [-0.1, -0.05) is 25.4 Å². The molecule has 23 heavy (non-hydrogen) atoms. The molecule has 1 aromatic rings. The van der Waals surface area contributed by atoms with Crippen molar-refractivity contribution in [3.8, 4) is 0 Å². The molecule has 0 aromatic heterocycles. The van der Waals surface area contributed by atoms with E-state index < -0.39 is 0 Å². The van der Waals surface area contributed by atoms with Gasteiger partial charge in [0.1, 0.15) is 0 Å². The third-order valence-corrected chi connectivity index (χ3v) is 3.96. The van der Waals surface area contributed by atoms with Crippen LogP contribution in [0.25, 0.3) is 0 Å².